The fourth-order valence-corrected chi connectivity index (χ4v) is 3.93. The molecule has 2 aliphatic heterocycles. The Balaban J connectivity index is 0.00000280. The third-order valence-electron chi connectivity index (χ3n) is 6.22. The lowest BCUT2D eigenvalue weighted by molar-refractivity contribution is -0.140. The summed E-state index contributed by atoms with van der Waals surface area (Å²) in [6.45, 7) is 7.17. The van der Waals surface area contributed by atoms with Gasteiger partial charge in [-0.05, 0) is 36.7 Å². The molecule has 0 saturated carbocycles. The smallest absolute Gasteiger partial charge is 0.245 e. The standard InChI is InChI=1S/C22H33N3O2.ClH/c1-3-16(2)20(24-21(26)19-14-23-15-19)22(27)25-11-9-18(10-12-25)13-17-7-5-4-6-8-17;/h4-8,16,18-20,23H,3,9-15H2,1-2H3,(H,24,26);1H. The van der Waals surface area contributed by atoms with Gasteiger partial charge >= 0.3 is 0 Å². The maximum Gasteiger partial charge on any atom is 0.245 e. The molecule has 156 valence electrons. The van der Waals surface area contributed by atoms with Crippen LogP contribution in [0.5, 0.6) is 0 Å². The number of carbonyl (C=O) groups is 2. The Morgan fingerprint density at radius 1 is 1.18 bits per heavy atom. The Bertz CT molecular complexity index is 628. The van der Waals surface area contributed by atoms with Gasteiger partial charge in [0.2, 0.25) is 11.8 Å². The molecule has 1 aromatic carbocycles. The molecule has 6 heteroatoms. The van der Waals surface area contributed by atoms with Crippen molar-refractivity contribution in [1.29, 1.82) is 0 Å². The van der Waals surface area contributed by atoms with Gasteiger partial charge in [0.25, 0.3) is 0 Å². The first kappa shape index (κ1) is 22.7. The molecular weight excluding hydrogens is 374 g/mol. The number of hydrogen-bond acceptors (Lipinski definition) is 3. The molecule has 2 atom stereocenters. The normalized spacial score (nSPS) is 19.9. The molecule has 0 aliphatic carbocycles. The lowest BCUT2D eigenvalue weighted by Crippen LogP contribution is -2.58. The molecule has 0 radical (unpaired) electrons. The van der Waals surface area contributed by atoms with Crippen molar-refractivity contribution in [2.45, 2.75) is 45.6 Å². The molecule has 2 saturated heterocycles. The van der Waals surface area contributed by atoms with Crippen LogP contribution in [0, 0.1) is 17.8 Å². The number of halogens is 1. The molecule has 5 nitrogen and oxygen atoms in total. The van der Waals surface area contributed by atoms with Crippen molar-refractivity contribution in [2.75, 3.05) is 26.2 Å². The highest BCUT2D eigenvalue weighted by atomic mass is 35.5. The van der Waals surface area contributed by atoms with E-state index in [1.807, 2.05) is 11.0 Å². The number of carbonyl (C=O) groups excluding carboxylic acids is 2. The molecular formula is C22H34ClN3O2. The lowest BCUT2D eigenvalue weighted by Gasteiger charge is -2.37. The molecule has 0 aromatic heterocycles. The van der Waals surface area contributed by atoms with Gasteiger partial charge in [0.1, 0.15) is 6.04 Å². The van der Waals surface area contributed by atoms with Crippen LogP contribution in [0.25, 0.3) is 0 Å². The third kappa shape index (κ3) is 5.71. The van der Waals surface area contributed by atoms with Gasteiger partial charge in [0, 0.05) is 26.2 Å². The first-order valence-corrected chi connectivity index (χ1v) is 10.4. The minimum atomic E-state index is -0.395. The van der Waals surface area contributed by atoms with E-state index in [4.69, 9.17) is 0 Å². The SMILES string of the molecule is CCC(C)C(NC(=O)C1CNC1)C(=O)N1CCC(Cc2ccccc2)CC1.Cl. The fourth-order valence-electron chi connectivity index (χ4n) is 3.93. The van der Waals surface area contributed by atoms with Crippen molar-refractivity contribution >= 4 is 24.2 Å². The van der Waals surface area contributed by atoms with Crippen molar-refractivity contribution in [1.82, 2.24) is 15.5 Å². The van der Waals surface area contributed by atoms with Crippen LogP contribution in [-0.2, 0) is 16.0 Å². The minimum absolute atomic E-state index is 0. The van der Waals surface area contributed by atoms with Crippen molar-refractivity contribution in [3.8, 4) is 0 Å². The van der Waals surface area contributed by atoms with Crippen LogP contribution >= 0.6 is 12.4 Å². The number of hydrogen-bond donors (Lipinski definition) is 2. The number of benzene rings is 1. The molecule has 0 spiro atoms. The molecule has 0 bridgehead atoms. The molecule has 3 rings (SSSR count). The van der Waals surface area contributed by atoms with E-state index in [1.54, 1.807) is 0 Å². The van der Waals surface area contributed by atoms with E-state index in [2.05, 4.69) is 48.7 Å². The first-order chi connectivity index (χ1) is 13.1. The Labute approximate surface area is 175 Å². The van der Waals surface area contributed by atoms with Gasteiger partial charge in [-0.3, -0.25) is 9.59 Å². The zero-order valence-electron chi connectivity index (χ0n) is 17.0. The highest BCUT2D eigenvalue weighted by molar-refractivity contribution is 5.89. The van der Waals surface area contributed by atoms with E-state index in [0.717, 1.165) is 51.9 Å². The predicted octanol–water partition coefficient (Wildman–Crippen LogP) is 2.64. The van der Waals surface area contributed by atoms with E-state index in [9.17, 15) is 9.59 Å². The van der Waals surface area contributed by atoms with Gasteiger partial charge in [-0.15, -0.1) is 12.4 Å². The molecule has 2 amide bonds. The van der Waals surface area contributed by atoms with Crippen LogP contribution in [0.4, 0.5) is 0 Å². The fraction of sp³-hybridized carbons (Fsp3) is 0.636. The third-order valence-corrected chi connectivity index (χ3v) is 6.22. The lowest BCUT2D eigenvalue weighted by atomic mass is 9.89. The second kappa shape index (κ2) is 10.8. The molecule has 1 aromatic rings. The summed E-state index contributed by atoms with van der Waals surface area (Å²) in [4.78, 5) is 27.5. The van der Waals surface area contributed by atoms with Crippen molar-refractivity contribution < 1.29 is 9.59 Å². The van der Waals surface area contributed by atoms with E-state index in [1.165, 1.54) is 5.56 Å². The van der Waals surface area contributed by atoms with Gasteiger partial charge in [-0.2, -0.15) is 0 Å². The zero-order valence-corrected chi connectivity index (χ0v) is 17.8. The van der Waals surface area contributed by atoms with Crippen LogP contribution in [0.1, 0.15) is 38.7 Å². The molecule has 2 heterocycles. The summed E-state index contributed by atoms with van der Waals surface area (Å²) >= 11 is 0. The Morgan fingerprint density at radius 2 is 1.82 bits per heavy atom. The maximum atomic E-state index is 13.1. The van der Waals surface area contributed by atoms with Crippen LogP contribution < -0.4 is 10.6 Å². The number of likely N-dealkylation sites (tertiary alicyclic amines) is 1. The highest BCUT2D eigenvalue weighted by Gasteiger charge is 2.34. The van der Waals surface area contributed by atoms with Gasteiger partial charge in [0.05, 0.1) is 5.92 Å². The monoisotopic (exact) mass is 407 g/mol. The van der Waals surface area contributed by atoms with Crippen LogP contribution in [-0.4, -0.2) is 48.9 Å². The number of nitrogens with one attached hydrogen (secondary N) is 2. The van der Waals surface area contributed by atoms with Crippen LogP contribution in [0.2, 0.25) is 0 Å². The topological polar surface area (TPSA) is 61.4 Å². The minimum Gasteiger partial charge on any atom is -0.344 e. The molecule has 2 aliphatic rings. The summed E-state index contributed by atoms with van der Waals surface area (Å²) in [5.41, 5.74) is 1.38. The number of nitrogens with zero attached hydrogens (tertiary/aromatic N) is 1. The van der Waals surface area contributed by atoms with Gasteiger partial charge in [-0.1, -0.05) is 50.6 Å². The van der Waals surface area contributed by atoms with Gasteiger partial charge in [-0.25, -0.2) is 0 Å². The quantitative estimate of drug-likeness (QED) is 0.730. The average molecular weight is 408 g/mol. The summed E-state index contributed by atoms with van der Waals surface area (Å²) in [5.74, 6) is 0.918. The Kier molecular flexibility index (Phi) is 8.77. The van der Waals surface area contributed by atoms with Crippen LogP contribution in [0.15, 0.2) is 30.3 Å². The Morgan fingerprint density at radius 3 is 2.36 bits per heavy atom. The van der Waals surface area contributed by atoms with E-state index >= 15 is 0 Å². The second-order valence-electron chi connectivity index (χ2n) is 8.19. The van der Waals surface area contributed by atoms with Gasteiger partial charge in [0.15, 0.2) is 0 Å². The summed E-state index contributed by atoms with van der Waals surface area (Å²) in [5, 5.41) is 6.17. The summed E-state index contributed by atoms with van der Waals surface area (Å²) < 4.78 is 0. The Hall–Kier alpha value is -1.59. The molecule has 2 unspecified atom stereocenters. The van der Waals surface area contributed by atoms with Crippen LogP contribution in [0.3, 0.4) is 0 Å². The number of rotatable bonds is 7. The predicted molar refractivity (Wildman–Crippen MR) is 114 cm³/mol. The summed E-state index contributed by atoms with van der Waals surface area (Å²) in [6.07, 6.45) is 4.04. The zero-order chi connectivity index (χ0) is 19.2. The highest BCUT2D eigenvalue weighted by Crippen LogP contribution is 2.23. The first-order valence-electron chi connectivity index (χ1n) is 10.4. The maximum absolute atomic E-state index is 13.1. The number of amides is 2. The van der Waals surface area contributed by atoms with Crippen molar-refractivity contribution in [2.24, 2.45) is 17.8 Å². The van der Waals surface area contributed by atoms with E-state index in [-0.39, 0.29) is 36.1 Å². The summed E-state index contributed by atoms with van der Waals surface area (Å²) in [7, 11) is 0. The average Bonchev–Trinajstić information content (AvgIpc) is 2.65. The molecule has 2 fully saturated rings. The summed E-state index contributed by atoms with van der Waals surface area (Å²) in [6, 6.07) is 10.2. The van der Waals surface area contributed by atoms with E-state index in [0.29, 0.717) is 5.92 Å². The number of piperidine rings is 1. The van der Waals surface area contributed by atoms with Crippen molar-refractivity contribution in [3.63, 3.8) is 0 Å². The largest absolute Gasteiger partial charge is 0.344 e. The molecule has 28 heavy (non-hydrogen) atoms. The second-order valence-corrected chi connectivity index (χ2v) is 8.19. The molecule has 2 N–H and O–H groups in total. The van der Waals surface area contributed by atoms with Gasteiger partial charge < -0.3 is 15.5 Å². The van der Waals surface area contributed by atoms with E-state index < -0.39 is 6.04 Å². The van der Waals surface area contributed by atoms with Crippen molar-refractivity contribution in [3.05, 3.63) is 35.9 Å².